The number of nitrogens with one attached hydrogen (secondary N) is 3. The molecule has 0 saturated heterocycles. The molecule has 1 aliphatic carbocycles. The quantitative estimate of drug-likeness (QED) is 0.619. The summed E-state index contributed by atoms with van der Waals surface area (Å²) in [6, 6.07) is 13.1. The number of carbonyl (C=O) groups excluding carboxylic acids is 1. The van der Waals surface area contributed by atoms with Crippen molar-refractivity contribution in [1.82, 2.24) is 10.2 Å². The van der Waals surface area contributed by atoms with Crippen molar-refractivity contribution in [2.24, 2.45) is 0 Å². The van der Waals surface area contributed by atoms with Crippen LogP contribution in [0.4, 0.5) is 16.2 Å². The van der Waals surface area contributed by atoms with E-state index in [0.717, 1.165) is 35.3 Å². The third-order valence-electron chi connectivity index (χ3n) is 5.06. The number of amides is 2. The van der Waals surface area contributed by atoms with Crippen LogP contribution in [0.1, 0.15) is 30.0 Å². The zero-order chi connectivity index (χ0) is 19.1. The number of rotatable bonds is 4. The van der Waals surface area contributed by atoms with E-state index in [4.69, 9.17) is 9.47 Å². The minimum absolute atomic E-state index is 0.219. The molecule has 0 radical (unpaired) electrons. The van der Waals surface area contributed by atoms with Crippen molar-refractivity contribution in [2.45, 2.75) is 25.7 Å². The summed E-state index contributed by atoms with van der Waals surface area (Å²) in [4.78, 5) is 12.7. The van der Waals surface area contributed by atoms with Crippen LogP contribution in [0.5, 0.6) is 11.5 Å². The van der Waals surface area contributed by atoms with E-state index in [1.165, 1.54) is 0 Å². The predicted octanol–water partition coefficient (Wildman–Crippen LogP) is 4.64. The molecule has 28 heavy (non-hydrogen) atoms. The van der Waals surface area contributed by atoms with Crippen LogP contribution in [0.2, 0.25) is 0 Å². The molecule has 0 atom stereocenters. The van der Waals surface area contributed by atoms with E-state index in [0.29, 0.717) is 28.8 Å². The molecule has 5 rings (SSSR count). The number of aromatic amines is 1. The van der Waals surface area contributed by atoms with E-state index in [1.54, 1.807) is 0 Å². The minimum atomic E-state index is -0.292. The lowest BCUT2D eigenvalue weighted by Crippen LogP contribution is -2.20. The number of anilines is 2. The third-order valence-corrected chi connectivity index (χ3v) is 5.06. The van der Waals surface area contributed by atoms with Gasteiger partial charge >= 0.3 is 6.03 Å². The number of benzene rings is 2. The van der Waals surface area contributed by atoms with E-state index in [1.807, 2.05) is 49.4 Å². The van der Waals surface area contributed by atoms with Crippen LogP contribution in [0.25, 0.3) is 11.3 Å². The second-order valence-corrected chi connectivity index (χ2v) is 7.10. The van der Waals surface area contributed by atoms with E-state index in [-0.39, 0.29) is 12.8 Å². The Hall–Kier alpha value is -3.48. The summed E-state index contributed by atoms with van der Waals surface area (Å²) in [5.41, 5.74) is 5.02. The smallest absolute Gasteiger partial charge is 0.323 e. The summed E-state index contributed by atoms with van der Waals surface area (Å²) in [6.45, 7) is 2.18. The molecule has 0 bridgehead atoms. The maximum absolute atomic E-state index is 12.7. The molecule has 0 unspecified atom stereocenters. The molecule has 1 fully saturated rings. The van der Waals surface area contributed by atoms with Crippen molar-refractivity contribution in [3.63, 3.8) is 0 Å². The van der Waals surface area contributed by atoms with Gasteiger partial charge in [-0.1, -0.05) is 18.2 Å². The predicted molar refractivity (Wildman–Crippen MR) is 106 cm³/mol. The summed E-state index contributed by atoms with van der Waals surface area (Å²) >= 11 is 0. The molecule has 1 aromatic heterocycles. The molecule has 2 heterocycles. The van der Waals surface area contributed by atoms with Gasteiger partial charge in [-0.25, -0.2) is 4.79 Å². The van der Waals surface area contributed by atoms with Crippen molar-refractivity contribution >= 4 is 17.4 Å². The maximum Gasteiger partial charge on any atom is 0.323 e. The Morgan fingerprint density at radius 3 is 2.75 bits per heavy atom. The average molecular weight is 376 g/mol. The van der Waals surface area contributed by atoms with E-state index in [9.17, 15) is 4.79 Å². The summed E-state index contributed by atoms with van der Waals surface area (Å²) in [5, 5.41) is 13.5. The van der Waals surface area contributed by atoms with Gasteiger partial charge < -0.3 is 20.1 Å². The third kappa shape index (κ3) is 3.05. The maximum atomic E-state index is 12.7. The van der Waals surface area contributed by atoms with Crippen molar-refractivity contribution < 1.29 is 14.3 Å². The highest BCUT2D eigenvalue weighted by atomic mass is 16.7. The number of urea groups is 1. The summed E-state index contributed by atoms with van der Waals surface area (Å²) in [6.07, 6.45) is 2.19. The highest BCUT2D eigenvalue weighted by Gasteiger charge is 2.31. The molecule has 3 aromatic rings. The van der Waals surface area contributed by atoms with Gasteiger partial charge in [0.2, 0.25) is 6.79 Å². The van der Waals surface area contributed by atoms with E-state index in [2.05, 4.69) is 20.8 Å². The number of H-pyrrole nitrogens is 1. The molecule has 7 nitrogen and oxygen atoms in total. The first kappa shape index (κ1) is 16.7. The number of fused-ring (bicyclic) bond motifs is 1. The Labute approximate surface area is 162 Å². The lowest BCUT2D eigenvalue weighted by atomic mass is 10.1. The first-order valence-electron chi connectivity index (χ1n) is 9.31. The first-order valence-corrected chi connectivity index (χ1v) is 9.31. The molecular formula is C21H20N4O3. The molecule has 3 N–H and O–H groups in total. The van der Waals surface area contributed by atoms with Crippen LogP contribution in [-0.4, -0.2) is 23.0 Å². The number of aryl methyl sites for hydroxylation is 1. The zero-order valence-electron chi connectivity index (χ0n) is 15.4. The summed E-state index contributed by atoms with van der Waals surface area (Å²) < 4.78 is 10.9. The highest BCUT2D eigenvalue weighted by molar-refractivity contribution is 6.03. The van der Waals surface area contributed by atoms with Crippen LogP contribution in [0.3, 0.4) is 0 Å². The van der Waals surface area contributed by atoms with Gasteiger partial charge in [0.1, 0.15) is 5.69 Å². The van der Waals surface area contributed by atoms with Gasteiger partial charge in [-0.15, -0.1) is 0 Å². The molecule has 1 aliphatic heterocycles. The Bertz CT molecular complexity index is 1060. The molecule has 1 saturated carbocycles. The SMILES string of the molecule is Cc1ccccc1NC(=O)Nc1c(-c2ccc3c(c2)OCO3)n[nH]c1C1CC1. The highest BCUT2D eigenvalue weighted by Crippen LogP contribution is 2.46. The second-order valence-electron chi connectivity index (χ2n) is 7.10. The number of ether oxygens (including phenoxy) is 2. The molecule has 2 amide bonds. The Morgan fingerprint density at radius 1 is 1.11 bits per heavy atom. The van der Waals surface area contributed by atoms with Crippen LogP contribution in [0, 0.1) is 6.92 Å². The number of nitrogens with zero attached hydrogens (tertiary/aromatic N) is 1. The normalized spacial score (nSPS) is 14.8. The number of aromatic nitrogens is 2. The Kier molecular flexibility index (Phi) is 3.93. The van der Waals surface area contributed by atoms with Gasteiger partial charge in [0.25, 0.3) is 0 Å². The Balaban J connectivity index is 1.45. The van der Waals surface area contributed by atoms with Gasteiger partial charge in [0.15, 0.2) is 11.5 Å². The zero-order valence-corrected chi connectivity index (χ0v) is 15.4. The molecule has 2 aliphatic rings. The molecule has 7 heteroatoms. The molecular weight excluding hydrogens is 356 g/mol. The molecule has 142 valence electrons. The fraction of sp³-hybridized carbons (Fsp3) is 0.238. The molecule has 0 spiro atoms. The van der Waals surface area contributed by atoms with E-state index < -0.39 is 0 Å². The fourth-order valence-electron chi connectivity index (χ4n) is 3.38. The number of carbonyl (C=O) groups is 1. The monoisotopic (exact) mass is 376 g/mol. The van der Waals surface area contributed by atoms with Gasteiger partial charge in [-0.3, -0.25) is 5.10 Å². The number of hydrogen-bond donors (Lipinski definition) is 3. The van der Waals surface area contributed by atoms with Crippen LogP contribution < -0.4 is 20.1 Å². The van der Waals surface area contributed by atoms with Crippen molar-refractivity contribution in [3.05, 3.63) is 53.7 Å². The second kappa shape index (κ2) is 6.60. The van der Waals surface area contributed by atoms with Gasteiger partial charge in [-0.2, -0.15) is 5.10 Å². The van der Waals surface area contributed by atoms with Gasteiger partial charge in [-0.05, 0) is 49.6 Å². The van der Waals surface area contributed by atoms with Crippen LogP contribution >= 0.6 is 0 Å². The van der Waals surface area contributed by atoms with E-state index >= 15 is 0 Å². The number of hydrogen-bond acceptors (Lipinski definition) is 4. The fourth-order valence-corrected chi connectivity index (χ4v) is 3.38. The van der Waals surface area contributed by atoms with Crippen molar-refractivity contribution in [3.8, 4) is 22.8 Å². The van der Waals surface area contributed by atoms with Crippen molar-refractivity contribution in [2.75, 3.05) is 17.4 Å². The van der Waals surface area contributed by atoms with Gasteiger partial charge in [0.05, 0.1) is 11.4 Å². The first-order chi connectivity index (χ1) is 13.7. The summed E-state index contributed by atoms with van der Waals surface area (Å²) in [7, 11) is 0. The lowest BCUT2D eigenvalue weighted by molar-refractivity contribution is 0.174. The van der Waals surface area contributed by atoms with Crippen LogP contribution in [-0.2, 0) is 0 Å². The minimum Gasteiger partial charge on any atom is -0.454 e. The number of para-hydroxylation sites is 1. The lowest BCUT2D eigenvalue weighted by Gasteiger charge is -2.11. The topological polar surface area (TPSA) is 88.3 Å². The van der Waals surface area contributed by atoms with Gasteiger partial charge in [0, 0.05) is 17.2 Å². The van der Waals surface area contributed by atoms with Crippen molar-refractivity contribution in [1.29, 1.82) is 0 Å². The molecule has 2 aromatic carbocycles. The largest absolute Gasteiger partial charge is 0.454 e. The standard InChI is InChI=1S/C21H20N4O3/c1-12-4-2-3-5-15(12)22-21(26)23-20-18(13-6-7-13)24-25-19(20)14-8-9-16-17(10-14)28-11-27-16/h2-5,8-10,13H,6-7,11H2,1H3,(H,24,25)(H2,22,23,26). The average Bonchev–Trinajstić information content (AvgIpc) is 3.28. The Morgan fingerprint density at radius 2 is 1.93 bits per heavy atom. The van der Waals surface area contributed by atoms with Crippen LogP contribution in [0.15, 0.2) is 42.5 Å². The summed E-state index contributed by atoms with van der Waals surface area (Å²) in [5.74, 6) is 1.81.